The lowest BCUT2D eigenvalue weighted by molar-refractivity contribution is 0.209. The molecule has 0 aromatic heterocycles. The van der Waals surface area contributed by atoms with E-state index in [-0.39, 0.29) is 0 Å². The molecule has 1 aromatic rings. The number of nitrogens with two attached hydrogens (primary N) is 1. The van der Waals surface area contributed by atoms with Crippen LogP contribution in [0.25, 0.3) is 0 Å². The van der Waals surface area contributed by atoms with Gasteiger partial charge in [0.15, 0.2) is 0 Å². The van der Waals surface area contributed by atoms with Crippen LogP contribution in [0.5, 0.6) is 0 Å². The molecule has 1 aliphatic rings. The Bertz CT molecular complexity index is 412. The number of rotatable bonds is 5. The zero-order valence-corrected chi connectivity index (χ0v) is 12.5. The van der Waals surface area contributed by atoms with Gasteiger partial charge in [0.05, 0.1) is 0 Å². The van der Waals surface area contributed by atoms with E-state index in [1.807, 2.05) is 0 Å². The van der Waals surface area contributed by atoms with Gasteiger partial charge >= 0.3 is 0 Å². The van der Waals surface area contributed by atoms with E-state index in [4.69, 9.17) is 5.73 Å². The van der Waals surface area contributed by atoms with Gasteiger partial charge in [-0.25, -0.2) is 0 Å². The second-order valence-corrected chi connectivity index (χ2v) is 5.59. The van der Waals surface area contributed by atoms with E-state index >= 15 is 0 Å². The summed E-state index contributed by atoms with van der Waals surface area (Å²) in [6.07, 6.45) is 1.29. The van der Waals surface area contributed by atoms with Crippen LogP contribution in [0.2, 0.25) is 0 Å². The van der Waals surface area contributed by atoms with E-state index in [2.05, 4.69) is 48.8 Å². The third kappa shape index (κ3) is 3.48. The smallest absolute Gasteiger partial charge is 0.0346 e. The monoisotopic (exact) mass is 261 g/mol. The quantitative estimate of drug-likeness (QED) is 0.827. The Morgan fingerprint density at radius 3 is 2.68 bits per heavy atom. The minimum absolute atomic E-state index is 0.734. The highest BCUT2D eigenvalue weighted by Gasteiger charge is 2.25. The first-order chi connectivity index (χ1) is 9.13. The molecular weight excluding hydrogens is 234 g/mol. The van der Waals surface area contributed by atoms with Crippen molar-refractivity contribution in [2.45, 2.75) is 39.8 Å². The molecule has 1 aliphatic heterocycles. The fraction of sp³-hybridized carbons (Fsp3) is 0.625. The van der Waals surface area contributed by atoms with E-state index < -0.39 is 0 Å². The number of aryl methyl sites for hydroxylation is 1. The van der Waals surface area contributed by atoms with Gasteiger partial charge in [0, 0.05) is 31.4 Å². The Kier molecular flexibility index (Phi) is 4.83. The second-order valence-electron chi connectivity index (χ2n) is 5.59. The molecule has 0 bridgehead atoms. The number of hydrogen-bond donors (Lipinski definition) is 1. The molecule has 19 heavy (non-hydrogen) atoms. The van der Waals surface area contributed by atoms with Gasteiger partial charge in [0.25, 0.3) is 0 Å². The molecule has 1 unspecified atom stereocenters. The van der Waals surface area contributed by atoms with Crippen molar-refractivity contribution in [2.24, 2.45) is 0 Å². The zero-order chi connectivity index (χ0) is 13.8. The summed E-state index contributed by atoms with van der Waals surface area (Å²) >= 11 is 0. The Balaban J connectivity index is 1.92. The number of likely N-dealkylation sites (tertiary alicyclic amines) is 1. The Morgan fingerprint density at radius 1 is 1.32 bits per heavy atom. The van der Waals surface area contributed by atoms with Crippen molar-refractivity contribution in [1.29, 1.82) is 0 Å². The molecule has 2 rings (SSSR count). The molecule has 1 heterocycles. The molecule has 3 heteroatoms. The van der Waals surface area contributed by atoms with Crippen LogP contribution in [-0.4, -0.2) is 42.0 Å². The van der Waals surface area contributed by atoms with Crippen LogP contribution < -0.4 is 5.73 Å². The maximum absolute atomic E-state index is 5.99. The standard InChI is InChI=1S/C16H27N3/c1-4-19(5-2)15-8-9-18(12-15)11-14-7-6-13(3)16(17)10-14/h6-7,10,15H,4-5,8-9,11-12,17H2,1-3H3. The maximum Gasteiger partial charge on any atom is 0.0346 e. The normalized spacial score (nSPS) is 20.3. The van der Waals surface area contributed by atoms with Crippen LogP contribution in [0.3, 0.4) is 0 Å². The highest BCUT2D eigenvalue weighted by atomic mass is 15.2. The van der Waals surface area contributed by atoms with Crippen LogP contribution in [0.15, 0.2) is 18.2 Å². The molecule has 3 nitrogen and oxygen atoms in total. The average molecular weight is 261 g/mol. The summed E-state index contributed by atoms with van der Waals surface area (Å²) < 4.78 is 0. The third-order valence-corrected chi connectivity index (χ3v) is 4.33. The molecule has 1 saturated heterocycles. The van der Waals surface area contributed by atoms with Gasteiger partial charge < -0.3 is 5.73 Å². The van der Waals surface area contributed by atoms with Crippen molar-refractivity contribution in [3.05, 3.63) is 29.3 Å². The van der Waals surface area contributed by atoms with Gasteiger partial charge in [-0.05, 0) is 43.6 Å². The molecule has 2 N–H and O–H groups in total. The van der Waals surface area contributed by atoms with E-state index in [0.717, 1.165) is 31.4 Å². The Labute approximate surface area is 117 Å². The fourth-order valence-electron chi connectivity index (χ4n) is 3.04. The lowest BCUT2D eigenvalue weighted by Gasteiger charge is -2.26. The van der Waals surface area contributed by atoms with Crippen LogP contribution in [0, 0.1) is 6.92 Å². The van der Waals surface area contributed by atoms with Gasteiger partial charge in [0.1, 0.15) is 0 Å². The molecular formula is C16H27N3. The molecule has 0 spiro atoms. The topological polar surface area (TPSA) is 32.5 Å². The summed E-state index contributed by atoms with van der Waals surface area (Å²) in [6, 6.07) is 7.19. The summed E-state index contributed by atoms with van der Waals surface area (Å²) in [5.74, 6) is 0. The van der Waals surface area contributed by atoms with Crippen LogP contribution >= 0.6 is 0 Å². The zero-order valence-electron chi connectivity index (χ0n) is 12.5. The van der Waals surface area contributed by atoms with Gasteiger partial charge in [-0.3, -0.25) is 9.80 Å². The summed E-state index contributed by atoms with van der Waals surface area (Å²) in [5.41, 5.74) is 9.41. The average Bonchev–Trinajstić information content (AvgIpc) is 2.84. The van der Waals surface area contributed by atoms with Crippen LogP contribution in [0.1, 0.15) is 31.4 Å². The second kappa shape index (κ2) is 6.40. The fourth-order valence-corrected chi connectivity index (χ4v) is 3.04. The Hall–Kier alpha value is -1.06. The van der Waals surface area contributed by atoms with Crippen molar-refractivity contribution in [3.63, 3.8) is 0 Å². The summed E-state index contributed by atoms with van der Waals surface area (Å²) in [5, 5.41) is 0. The minimum Gasteiger partial charge on any atom is -0.399 e. The molecule has 0 aliphatic carbocycles. The lowest BCUT2D eigenvalue weighted by Crippen LogP contribution is -2.37. The first kappa shape index (κ1) is 14.4. The van der Waals surface area contributed by atoms with Gasteiger partial charge in [0.2, 0.25) is 0 Å². The van der Waals surface area contributed by atoms with Crippen molar-refractivity contribution in [3.8, 4) is 0 Å². The van der Waals surface area contributed by atoms with E-state index in [1.54, 1.807) is 0 Å². The number of anilines is 1. The highest BCUT2D eigenvalue weighted by molar-refractivity contribution is 5.48. The largest absolute Gasteiger partial charge is 0.399 e. The first-order valence-electron chi connectivity index (χ1n) is 7.45. The molecule has 0 amide bonds. The summed E-state index contributed by atoms with van der Waals surface area (Å²) in [4.78, 5) is 5.12. The van der Waals surface area contributed by atoms with E-state index in [9.17, 15) is 0 Å². The van der Waals surface area contributed by atoms with E-state index in [0.29, 0.717) is 0 Å². The lowest BCUT2D eigenvalue weighted by atomic mass is 10.1. The van der Waals surface area contributed by atoms with Crippen LogP contribution in [0.4, 0.5) is 5.69 Å². The maximum atomic E-state index is 5.99. The predicted octanol–water partition coefficient (Wildman–Crippen LogP) is 2.49. The van der Waals surface area contributed by atoms with Gasteiger partial charge in [-0.2, -0.15) is 0 Å². The highest BCUT2D eigenvalue weighted by Crippen LogP contribution is 2.20. The van der Waals surface area contributed by atoms with Gasteiger partial charge in [-0.15, -0.1) is 0 Å². The van der Waals surface area contributed by atoms with Gasteiger partial charge in [-0.1, -0.05) is 26.0 Å². The predicted molar refractivity (Wildman–Crippen MR) is 82.2 cm³/mol. The number of likely N-dealkylation sites (N-methyl/N-ethyl adjacent to an activating group) is 1. The first-order valence-corrected chi connectivity index (χ1v) is 7.45. The number of nitrogen functional groups attached to an aromatic ring is 1. The minimum atomic E-state index is 0.734. The summed E-state index contributed by atoms with van der Waals surface area (Å²) in [6.45, 7) is 12.3. The van der Waals surface area contributed by atoms with Crippen molar-refractivity contribution < 1.29 is 0 Å². The molecule has 0 radical (unpaired) electrons. The number of nitrogens with zero attached hydrogens (tertiary/aromatic N) is 2. The molecule has 1 fully saturated rings. The third-order valence-electron chi connectivity index (χ3n) is 4.33. The number of hydrogen-bond acceptors (Lipinski definition) is 3. The molecule has 1 aromatic carbocycles. The SMILES string of the molecule is CCN(CC)C1CCN(Cc2ccc(C)c(N)c2)C1. The van der Waals surface area contributed by atoms with Crippen molar-refractivity contribution in [2.75, 3.05) is 31.9 Å². The summed E-state index contributed by atoms with van der Waals surface area (Å²) in [7, 11) is 0. The van der Waals surface area contributed by atoms with Crippen molar-refractivity contribution >= 4 is 5.69 Å². The number of benzene rings is 1. The molecule has 1 atom stereocenters. The molecule has 106 valence electrons. The van der Waals surface area contributed by atoms with Crippen molar-refractivity contribution in [1.82, 2.24) is 9.80 Å². The van der Waals surface area contributed by atoms with E-state index in [1.165, 1.54) is 30.6 Å². The Morgan fingerprint density at radius 2 is 2.05 bits per heavy atom. The molecule has 0 saturated carbocycles. The van der Waals surface area contributed by atoms with Crippen LogP contribution in [-0.2, 0) is 6.54 Å².